The minimum atomic E-state index is -2.28. The zero-order valence-corrected chi connectivity index (χ0v) is 29.6. The van der Waals surface area contributed by atoms with Gasteiger partial charge in [-0.25, -0.2) is 0 Å². The second-order valence-electron chi connectivity index (χ2n) is 13.0. The molecule has 0 unspecified atom stereocenters. The summed E-state index contributed by atoms with van der Waals surface area (Å²) in [6.07, 6.45) is 0.136. The topological polar surface area (TPSA) is 114 Å². The Morgan fingerprint density at radius 1 is 1.06 bits per heavy atom. The lowest BCUT2D eigenvalue weighted by Gasteiger charge is -2.37. The second kappa shape index (κ2) is 12.9. The van der Waals surface area contributed by atoms with Gasteiger partial charge in [0, 0.05) is 39.5 Å². The molecular weight excluding hydrogens is 674 g/mol. The molecule has 8 nitrogen and oxygen atoms in total. The number of hydrogen-bond acceptors (Lipinski definition) is 6. The van der Waals surface area contributed by atoms with Gasteiger partial charge in [-0.15, -0.1) is 0 Å². The average molecular weight is 715 g/mol. The molecule has 4 atom stereocenters. The van der Waals surface area contributed by atoms with Crippen LogP contribution in [0.1, 0.15) is 34.8 Å². The van der Waals surface area contributed by atoms with E-state index < -0.39 is 13.7 Å². The number of amides is 2. The summed E-state index contributed by atoms with van der Waals surface area (Å²) in [5.74, 6) is 0.275. The van der Waals surface area contributed by atoms with Crippen LogP contribution in [0.2, 0.25) is 18.6 Å². The molecule has 0 radical (unpaired) electrons. The molecule has 0 saturated carbocycles. The lowest BCUT2D eigenvalue weighted by Crippen LogP contribution is -2.51. The number of halogens is 1. The largest absolute Gasteiger partial charge is 0.497 e. The maximum atomic E-state index is 14.9. The number of nitrogens with one attached hydrogen (secondary N) is 1. The van der Waals surface area contributed by atoms with E-state index >= 15 is 0 Å². The smallest absolute Gasteiger partial charge is 0.264 e. The molecule has 6 rings (SSSR count). The molecule has 4 N–H and O–H groups in total. The van der Waals surface area contributed by atoms with E-state index in [0.29, 0.717) is 29.9 Å². The Bertz CT molecular complexity index is 1800. The third kappa shape index (κ3) is 5.88. The first-order chi connectivity index (χ1) is 22.5. The highest BCUT2D eigenvalue weighted by molar-refractivity contribution is 9.10. The SMILES string of the molecule is COc1ccc([Si](C)(C)[C@@H]2[C@@H](CCO)O[C@]3(C(=O)N(Cc4cccc(NC(=O)c5ccc(N)cc5)c4)c4ccc(Br)cc43)[C@H]2C)cc1. The monoisotopic (exact) mass is 713 g/mol. The van der Waals surface area contributed by atoms with Crippen molar-refractivity contribution in [1.82, 2.24) is 0 Å². The molecule has 2 aliphatic rings. The Morgan fingerprint density at radius 3 is 2.47 bits per heavy atom. The fourth-order valence-corrected chi connectivity index (χ4v) is 12.0. The van der Waals surface area contributed by atoms with Crippen LogP contribution in [0.15, 0.2) is 95.5 Å². The first-order valence-corrected chi connectivity index (χ1v) is 19.7. The van der Waals surface area contributed by atoms with Crippen molar-refractivity contribution in [3.8, 4) is 5.75 Å². The third-order valence-corrected chi connectivity index (χ3v) is 14.8. The van der Waals surface area contributed by atoms with Gasteiger partial charge in [-0.05, 0) is 84.3 Å². The van der Waals surface area contributed by atoms with Gasteiger partial charge in [-0.3, -0.25) is 9.59 Å². The van der Waals surface area contributed by atoms with Crippen LogP contribution < -0.4 is 25.9 Å². The molecule has 4 aromatic rings. The van der Waals surface area contributed by atoms with E-state index in [0.717, 1.165) is 27.0 Å². The number of nitrogens with two attached hydrogens (primary N) is 1. The van der Waals surface area contributed by atoms with Crippen molar-refractivity contribution in [3.63, 3.8) is 0 Å². The van der Waals surface area contributed by atoms with Crippen molar-refractivity contribution in [2.75, 3.05) is 29.7 Å². The summed E-state index contributed by atoms with van der Waals surface area (Å²) < 4.78 is 13.3. The van der Waals surface area contributed by atoms with Crippen LogP contribution in [-0.2, 0) is 21.7 Å². The summed E-state index contributed by atoms with van der Waals surface area (Å²) >= 11 is 3.65. The normalized spacial score (nSPS) is 22.0. The van der Waals surface area contributed by atoms with Crippen LogP contribution >= 0.6 is 15.9 Å². The van der Waals surface area contributed by atoms with Gasteiger partial charge in [0.05, 0.1) is 33.5 Å². The molecule has 0 bridgehead atoms. The van der Waals surface area contributed by atoms with Crippen LogP contribution in [-0.4, -0.2) is 44.8 Å². The number of ether oxygens (including phenoxy) is 2. The number of carbonyl (C=O) groups is 2. The number of nitrogens with zero attached hydrogens (tertiary/aromatic N) is 1. The predicted molar refractivity (Wildman–Crippen MR) is 192 cm³/mol. The number of benzene rings is 4. The first-order valence-electron chi connectivity index (χ1n) is 15.8. The highest BCUT2D eigenvalue weighted by Crippen LogP contribution is 2.60. The van der Waals surface area contributed by atoms with E-state index in [1.54, 1.807) is 36.3 Å². The van der Waals surface area contributed by atoms with Gasteiger partial charge in [0.2, 0.25) is 0 Å². The van der Waals surface area contributed by atoms with Gasteiger partial charge in [-0.1, -0.05) is 65.4 Å². The predicted octanol–water partition coefficient (Wildman–Crippen LogP) is 6.44. The summed E-state index contributed by atoms with van der Waals surface area (Å²) in [7, 11) is -0.616. The van der Waals surface area contributed by atoms with Crippen LogP contribution in [0.25, 0.3) is 0 Å². The molecule has 1 fully saturated rings. The maximum absolute atomic E-state index is 14.9. The Balaban J connectivity index is 1.34. The highest BCUT2D eigenvalue weighted by Gasteiger charge is 2.66. The van der Waals surface area contributed by atoms with Crippen molar-refractivity contribution < 1.29 is 24.2 Å². The number of hydrogen-bond donors (Lipinski definition) is 3. The molecule has 1 spiro atoms. The molecule has 47 heavy (non-hydrogen) atoms. The van der Waals surface area contributed by atoms with Gasteiger partial charge in [0.1, 0.15) is 5.75 Å². The molecular formula is C37H40BrN3O5Si. The molecule has 0 aromatic heterocycles. The summed E-state index contributed by atoms with van der Waals surface area (Å²) in [5, 5.41) is 14.4. The van der Waals surface area contributed by atoms with Crippen molar-refractivity contribution >= 4 is 58.1 Å². The number of nitrogen functional groups attached to an aromatic ring is 1. The van der Waals surface area contributed by atoms with Crippen LogP contribution in [0.5, 0.6) is 5.75 Å². The highest BCUT2D eigenvalue weighted by atomic mass is 79.9. The number of fused-ring (bicyclic) bond motifs is 2. The van der Waals surface area contributed by atoms with E-state index in [1.807, 2.05) is 54.6 Å². The molecule has 2 heterocycles. The minimum absolute atomic E-state index is 0.0326. The van der Waals surface area contributed by atoms with Crippen molar-refractivity contribution in [3.05, 3.63) is 112 Å². The lowest BCUT2D eigenvalue weighted by molar-refractivity contribution is -0.146. The molecule has 2 amide bonds. The minimum Gasteiger partial charge on any atom is -0.497 e. The van der Waals surface area contributed by atoms with E-state index in [4.69, 9.17) is 15.2 Å². The molecule has 0 aliphatic carbocycles. The molecule has 10 heteroatoms. The number of aliphatic hydroxyl groups is 1. The van der Waals surface area contributed by atoms with Gasteiger partial charge in [-0.2, -0.15) is 0 Å². The Labute approximate surface area is 285 Å². The summed E-state index contributed by atoms with van der Waals surface area (Å²) in [4.78, 5) is 29.6. The first kappa shape index (κ1) is 33.0. The van der Waals surface area contributed by atoms with E-state index in [1.165, 1.54) is 5.19 Å². The van der Waals surface area contributed by atoms with Crippen molar-refractivity contribution in [1.29, 1.82) is 0 Å². The van der Waals surface area contributed by atoms with Crippen molar-refractivity contribution in [2.24, 2.45) is 5.92 Å². The molecule has 2 aliphatic heterocycles. The zero-order chi connectivity index (χ0) is 33.5. The number of carbonyl (C=O) groups excluding carboxylic acids is 2. The van der Waals surface area contributed by atoms with Gasteiger partial charge in [0.15, 0.2) is 5.60 Å². The van der Waals surface area contributed by atoms with Crippen LogP contribution in [0.4, 0.5) is 17.1 Å². The van der Waals surface area contributed by atoms with Gasteiger partial charge < -0.3 is 30.5 Å². The quantitative estimate of drug-likeness (QED) is 0.136. The van der Waals surface area contributed by atoms with Gasteiger partial charge in [0.25, 0.3) is 11.8 Å². The molecule has 244 valence electrons. The Morgan fingerprint density at radius 2 is 1.79 bits per heavy atom. The number of methoxy groups -OCH3 is 1. The molecule has 1 saturated heterocycles. The van der Waals surface area contributed by atoms with Crippen molar-refractivity contribution in [2.45, 2.75) is 50.2 Å². The lowest BCUT2D eigenvalue weighted by atomic mass is 9.82. The van der Waals surface area contributed by atoms with E-state index in [9.17, 15) is 14.7 Å². The standard InChI is InChI=1S/C37H40BrN3O5Si/c1-23-34(47(3,4)30-15-13-29(45-2)14-16-30)33(18-19-42)46-37(23)31-21-26(38)10-17-32(31)41(36(37)44)22-24-6-5-7-28(20-24)40-35(43)25-8-11-27(39)12-9-25/h5-17,20-21,23,33-34,42H,18-19,22,39H2,1-4H3,(H,40,43)/t23-,33+,34-,37+/m0/s1. The summed E-state index contributed by atoms with van der Waals surface area (Å²) in [6.45, 7) is 7.05. The fourth-order valence-electron chi connectivity index (χ4n) is 7.61. The fraction of sp³-hybridized carbons (Fsp3) is 0.297. The Kier molecular flexibility index (Phi) is 9.06. The van der Waals surface area contributed by atoms with Crippen LogP contribution in [0, 0.1) is 5.92 Å². The number of rotatable bonds is 9. The third-order valence-electron chi connectivity index (χ3n) is 9.91. The average Bonchev–Trinajstić information content (AvgIpc) is 3.48. The summed E-state index contributed by atoms with van der Waals surface area (Å²) in [5.41, 5.74) is 8.83. The van der Waals surface area contributed by atoms with Gasteiger partial charge >= 0.3 is 0 Å². The van der Waals surface area contributed by atoms with E-state index in [2.05, 4.69) is 53.4 Å². The Hall–Kier alpha value is -3.96. The van der Waals surface area contributed by atoms with E-state index in [-0.39, 0.29) is 36.0 Å². The second-order valence-corrected chi connectivity index (χ2v) is 18.6. The number of anilines is 3. The van der Waals surface area contributed by atoms with Crippen LogP contribution in [0.3, 0.4) is 0 Å². The zero-order valence-electron chi connectivity index (χ0n) is 27.0. The summed E-state index contributed by atoms with van der Waals surface area (Å²) in [6, 6.07) is 28.5. The maximum Gasteiger partial charge on any atom is 0.264 e. The number of aliphatic hydroxyl groups excluding tert-OH is 1. The molecule has 4 aromatic carbocycles.